The van der Waals surface area contributed by atoms with Gasteiger partial charge in [0.2, 0.25) is 5.91 Å². The first-order valence-electron chi connectivity index (χ1n) is 7.25. The number of hydrogen-bond acceptors (Lipinski definition) is 5. The van der Waals surface area contributed by atoms with Crippen LogP contribution < -0.4 is 15.4 Å². The lowest BCUT2D eigenvalue weighted by Crippen LogP contribution is -2.33. The van der Waals surface area contributed by atoms with Gasteiger partial charge in [-0.1, -0.05) is 6.07 Å². The summed E-state index contributed by atoms with van der Waals surface area (Å²) >= 11 is 0. The van der Waals surface area contributed by atoms with E-state index in [2.05, 4.69) is 20.7 Å². The van der Waals surface area contributed by atoms with Crippen LogP contribution in [0.4, 0.5) is 5.69 Å². The Morgan fingerprint density at radius 2 is 2.26 bits per heavy atom. The molecule has 2 amide bonds. The van der Waals surface area contributed by atoms with Gasteiger partial charge in [-0.3, -0.25) is 9.59 Å². The number of fused-ring (bicyclic) bond motifs is 1. The number of nitrogens with zero attached hydrogens (tertiary/aromatic N) is 3. The fourth-order valence-corrected chi connectivity index (χ4v) is 2.32. The average molecular weight is 315 g/mol. The maximum absolute atomic E-state index is 12.3. The lowest BCUT2D eigenvalue weighted by molar-refractivity contribution is -0.124. The van der Waals surface area contributed by atoms with Gasteiger partial charge in [-0.15, -0.1) is 0 Å². The topological polar surface area (TPSA) is 98.1 Å². The molecule has 0 aliphatic carbocycles. The molecule has 1 aromatic heterocycles. The van der Waals surface area contributed by atoms with Crippen LogP contribution >= 0.6 is 0 Å². The summed E-state index contributed by atoms with van der Waals surface area (Å²) in [6.07, 6.45) is 2.89. The van der Waals surface area contributed by atoms with Crippen molar-refractivity contribution in [3.63, 3.8) is 0 Å². The number of amides is 2. The van der Waals surface area contributed by atoms with Gasteiger partial charge in [0.05, 0.1) is 11.7 Å². The van der Waals surface area contributed by atoms with Crippen molar-refractivity contribution < 1.29 is 14.3 Å². The number of rotatable bonds is 4. The standard InChI is InChI=1S/C15H17N5O3/c1-9(18-15(22)10(2)20-8-16-7-17-20)11-3-4-13-12(5-11)19-14(21)6-23-13/h3-5,7-10H,6H2,1-2H3,(H,18,22)(H,19,21)/t9-,10-/m1/s1. The molecule has 1 aromatic carbocycles. The minimum atomic E-state index is -0.458. The molecule has 2 N–H and O–H groups in total. The lowest BCUT2D eigenvalue weighted by Gasteiger charge is -2.22. The van der Waals surface area contributed by atoms with Gasteiger partial charge in [0.25, 0.3) is 5.91 Å². The second kappa shape index (κ2) is 6.07. The van der Waals surface area contributed by atoms with E-state index in [1.165, 1.54) is 17.3 Å². The molecule has 2 aromatic rings. The van der Waals surface area contributed by atoms with Crippen molar-refractivity contribution in [2.45, 2.75) is 25.9 Å². The molecule has 0 saturated heterocycles. The van der Waals surface area contributed by atoms with E-state index in [9.17, 15) is 9.59 Å². The zero-order valence-electron chi connectivity index (χ0n) is 12.8. The molecule has 8 heteroatoms. The van der Waals surface area contributed by atoms with Crippen LogP contribution in [0.15, 0.2) is 30.9 Å². The molecule has 2 atom stereocenters. The highest BCUT2D eigenvalue weighted by molar-refractivity contribution is 5.95. The van der Waals surface area contributed by atoms with Crippen LogP contribution in [0.3, 0.4) is 0 Å². The van der Waals surface area contributed by atoms with Crippen molar-refractivity contribution in [3.8, 4) is 5.75 Å². The van der Waals surface area contributed by atoms with E-state index in [4.69, 9.17) is 4.74 Å². The fraction of sp³-hybridized carbons (Fsp3) is 0.333. The Kier molecular flexibility index (Phi) is 3.96. The van der Waals surface area contributed by atoms with Crippen LogP contribution in [0.2, 0.25) is 0 Å². The van der Waals surface area contributed by atoms with E-state index in [0.717, 1.165) is 5.56 Å². The monoisotopic (exact) mass is 315 g/mol. The summed E-state index contributed by atoms with van der Waals surface area (Å²) in [4.78, 5) is 27.5. The van der Waals surface area contributed by atoms with Crippen molar-refractivity contribution in [2.24, 2.45) is 0 Å². The van der Waals surface area contributed by atoms with Crippen LogP contribution in [0.5, 0.6) is 5.75 Å². The summed E-state index contributed by atoms with van der Waals surface area (Å²) in [6, 6.07) is 4.77. The molecule has 1 aliphatic heterocycles. The number of ether oxygens (including phenoxy) is 1. The molecule has 0 saturated carbocycles. The summed E-state index contributed by atoms with van der Waals surface area (Å²) < 4.78 is 6.81. The normalized spacial score (nSPS) is 15.8. The highest BCUT2D eigenvalue weighted by atomic mass is 16.5. The Hall–Kier alpha value is -2.90. The number of carbonyl (C=O) groups excluding carboxylic acids is 2. The Morgan fingerprint density at radius 3 is 3.00 bits per heavy atom. The first kappa shape index (κ1) is 15.0. The Labute approximate surface area is 132 Å². The summed E-state index contributed by atoms with van der Waals surface area (Å²) in [6.45, 7) is 3.64. The van der Waals surface area contributed by atoms with E-state index in [1.54, 1.807) is 19.1 Å². The Bertz CT molecular complexity index is 729. The predicted molar refractivity (Wildman–Crippen MR) is 81.9 cm³/mol. The SMILES string of the molecule is C[C@H](C(=O)N[C@H](C)c1ccc2c(c1)NC(=O)CO2)n1cncn1. The second-order valence-electron chi connectivity index (χ2n) is 5.37. The molecule has 23 heavy (non-hydrogen) atoms. The number of benzene rings is 1. The van der Waals surface area contributed by atoms with Gasteiger partial charge in [0, 0.05) is 0 Å². The molecule has 0 spiro atoms. The molecular formula is C15H17N5O3. The highest BCUT2D eigenvalue weighted by Crippen LogP contribution is 2.30. The maximum Gasteiger partial charge on any atom is 0.262 e. The largest absolute Gasteiger partial charge is 0.482 e. The van der Waals surface area contributed by atoms with Crippen LogP contribution in [0, 0.1) is 0 Å². The third-order valence-corrected chi connectivity index (χ3v) is 3.71. The molecule has 1 aliphatic rings. The number of anilines is 1. The first-order chi connectivity index (χ1) is 11.0. The van der Waals surface area contributed by atoms with Crippen LogP contribution in [0.25, 0.3) is 0 Å². The van der Waals surface area contributed by atoms with Gasteiger partial charge in [0.1, 0.15) is 24.4 Å². The fourth-order valence-electron chi connectivity index (χ4n) is 2.32. The molecule has 0 unspecified atom stereocenters. The van der Waals surface area contributed by atoms with Crippen molar-refractivity contribution in [1.29, 1.82) is 0 Å². The van der Waals surface area contributed by atoms with Crippen LogP contribution in [0.1, 0.15) is 31.5 Å². The van der Waals surface area contributed by atoms with Gasteiger partial charge in [-0.2, -0.15) is 5.10 Å². The zero-order chi connectivity index (χ0) is 16.4. The number of hydrogen-bond donors (Lipinski definition) is 2. The summed E-state index contributed by atoms with van der Waals surface area (Å²) in [5.41, 5.74) is 1.48. The second-order valence-corrected chi connectivity index (χ2v) is 5.37. The van der Waals surface area contributed by atoms with Gasteiger partial charge in [-0.25, -0.2) is 9.67 Å². The minimum absolute atomic E-state index is 0.0219. The lowest BCUT2D eigenvalue weighted by atomic mass is 10.1. The third kappa shape index (κ3) is 3.15. The number of carbonyl (C=O) groups is 2. The molecule has 0 bridgehead atoms. The van der Waals surface area contributed by atoms with Crippen molar-refractivity contribution in [2.75, 3.05) is 11.9 Å². The van der Waals surface area contributed by atoms with Crippen molar-refractivity contribution >= 4 is 17.5 Å². The van der Waals surface area contributed by atoms with E-state index in [0.29, 0.717) is 11.4 Å². The molecule has 8 nitrogen and oxygen atoms in total. The number of nitrogens with one attached hydrogen (secondary N) is 2. The first-order valence-corrected chi connectivity index (χ1v) is 7.25. The highest BCUT2D eigenvalue weighted by Gasteiger charge is 2.20. The zero-order valence-corrected chi connectivity index (χ0v) is 12.8. The molecule has 0 fully saturated rings. The van der Waals surface area contributed by atoms with Crippen molar-refractivity contribution in [3.05, 3.63) is 36.4 Å². The van der Waals surface area contributed by atoms with E-state index < -0.39 is 6.04 Å². The quantitative estimate of drug-likeness (QED) is 0.878. The van der Waals surface area contributed by atoms with Crippen LogP contribution in [-0.2, 0) is 9.59 Å². The van der Waals surface area contributed by atoms with Crippen LogP contribution in [-0.4, -0.2) is 33.2 Å². The molecule has 0 radical (unpaired) electrons. The van der Waals surface area contributed by atoms with E-state index >= 15 is 0 Å². The van der Waals surface area contributed by atoms with Gasteiger partial charge in [0.15, 0.2) is 6.61 Å². The number of aromatic nitrogens is 3. The smallest absolute Gasteiger partial charge is 0.262 e. The molecular weight excluding hydrogens is 298 g/mol. The molecule has 3 rings (SSSR count). The molecule has 2 heterocycles. The van der Waals surface area contributed by atoms with Gasteiger partial charge in [-0.05, 0) is 31.5 Å². The summed E-state index contributed by atoms with van der Waals surface area (Å²) in [5.74, 6) is 0.273. The van der Waals surface area contributed by atoms with Gasteiger partial charge < -0.3 is 15.4 Å². The van der Waals surface area contributed by atoms with Crippen molar-refractivity contribution in [1.82, 2.24) is 20.1 Å². The Balaban J connectivity index is 1.71. The maximum atomic E-state index is 12.3. The van der Waals surface area contributed by atoms with E-state index in [-0.39, 0.29) is 24.5 Å². The summed E-state index contributed by atoms with van der Waals surface area (Å²) in [5, 5.41) is 9.64. The predicted octanol–water partition coefficient (Wildman–Crippen LogP) is 1.05. The Morgan fingerprint density at radius 1 is 1.43 bits per heavy atom. The minimum Gasteiger partial charge on any atom is -0.482 e. The summed E-state index contributed by atoms with van der Waals surface area (Å²) in [7, 11) is 0. The van der Waals surface area contributed by atoms with Gasteiger partial charge >= 0.3 is 0 Å². The molecule has 120 valence electrons. The third-order valence-electron chi connectivity index (χ3n) is 3.71. The average Bonchev–Trinajstić information content (AvgIpc) is 3.07. The van der Waals surface area contributed by atoms with E-state index in [1.807, 2.05) is 13.0 Å².